The summed E-state index contributed by atoms with van der Waals surface area (Å²) in [6, 6.07) is 9.24. The van der Waals surface area contributed by atoms with Gasteiger partial charge in [0, 0.05) is 45.3 Å². The smallest absolute Gasteiger partial charge is 0.281 e. The third kappa shape index (κ3) is 3.68. The molecule has 0 saturated carbocycles. The average molecular weight is 420 g/mol. The van der Waals surface area contributed by atoms with Gasteiger partial charge in [0.2, 0.25) is 0 Å². The van der Waals surface area contributed by atoms with Crippen molar-refractivity contribution < 1.29 is 17.9 Å². The second-order valence-corrected chi connectivity index (χ2v) is 9.69. The van der Waals surface area contributed by atoms with E-state index < -0.39 is 21.9 Å². The molecule has 1 unspecified atom stereocenters. The van der Waals surface area contributed by atoms with E-state index in [9.17, 15) is 13.2 Å². The van der Waals surface area contributed by atoms with Crippen molar-refractivity contribution in [1.82, 2.24) is 18.2 Å². The van der Waals surface area contributed by atoms with Crippen molar-refractivity contribution in [3.8, 4) is 0 Å². The third-order valence-electron chi connectivity index (χ3n) is 5.50. The van der Waals surface area contributed by atoms with Gasteiger partial charge in [0.1, 0.15) is 11.4 Å². The summed E-state index contributed by atoms with van der Waals surface area (Å²) in [7, 11) is -0.443. The zero-order valence-electron chi connectivity index (χ0n) is 16.5. The minimum Gasteiger partial charge on any atom is -0.352 e. The zero-order chi connectivity index (χ0) is 20.6. The van der Waals surface area contributed by atoms with Gasteiger partial charge in [-0.25, -0.2) is 4.98 Å². The van der Waals surface area contributed by atoms with E-state index in [0.29, 0.717) is 38.2 Å². The lowest BCUT2D eigenvalue weighted by Crippen LogP contribution is -2.55. The predicted octanol–water partition coefficient (Wildman–Crippen LogP) is 1.02. The molecule has 1 aromatic heterocycles. The molecule has 1 fully saturated rings. The van der Waals surface area contributed by atoms with E-state index in [1.807, 2.05) is 41.1 Å². The first kappa shape index (κ1) is 20.0. The largest absolute Gasteiger partial charge is 0.352 e. The molecule has 10 heteroatoms. The van der Waals surface area contributed by atoms with Crippen LogP contribution in [0, 0.1) is 0 Å². The molecule has 1 atom stereocenters. The number of hydrogen-bond acceptors (Lipinski definition) is 5. The molecule has 3 heterocycles. The summed E-state index contributed by atoms with van der Waals surface area (Å²) in [5, 5.41) is 2.89. The average Bonchev–Trinajstić information content (AvgIpc) is 3.19. The Hall–Kier alpha value is -2.27. The van der Waals surface area contributed by atoms with Crippen LogP contribution in [0.25, 0.3) is 0 Å². The van der Waals surface area contributed by atoms with Crippen LogP contribution in [0.2, 0.25) is 0 Å². The summed E-state index contributed by atoms with van der Waals surface area (Å²) in [6.07, 6.45) is 3.72. The number of nitrogens with zero attached hydrogens (tertiary/aromatic N) is 4. The molecule has 2 aliphatic heterocycles. The van der Waals surface area contributed by atoms with Crippen molar-refractivity contribution >= 4 is 21.8 Å². The van der Waals surface area contributed by atoms with Gasteiger partial charge in [-0.3, -0.25) is 4.79 Å². The molecular formula is C19H25N5O4S. The molecule has 1 spiro atoms. The highest BCUT2D eigenvalue weighted by Gasteiger charge is 2.48. The summed E-state index contributed by atoms with van der Waals surface area (Å²) in [6.45, 7) is 0.982. The third-order valence-corrected chi connectivity index (χ3v) is 7.45. The fraction of sp³-hybridized carbons (Fsp3) is 0.474. The highest BCUT2D eigenvalue weighted by Crippen LogP contribution is 2.40. The van der Waals surface area contributed by atoms with Crippen LogP contribution < -0.4 is 5.32 Å². The van der Waals surface area contributed by atoms with Crippen LogP contribution in [0.15, 0.2) is 42.7 Å². The molecule has 0 bridgehead atoms. The second-order valence-electron chi connectivity index (χ2n) is 7.55. The van der Waals surface area contributed by atoms with Gasteiger partial charge in [-0.05, 0) is 25.0 Å². The number of nitrogens with one attached hydrogen (secondary N) is 1. The van der Waals surface area contributed by atoms with E-state index in [-0.39, 0.29) is 5.91 Å². The molecule has 0 radical (unpaired) electrons. The van der Waals surface area contributed by atoms with Gasteiger partial charge >= 0.3 is 0 Å². The SMILES string of the molecule is CN(C)S(=O)(=O)N1CCC2(CC1)OC(C(=O)Nc1ccccc1)Cn1ccnc12. The van der Waals surface area contributed by atoms with Gasteiger partial charge < -0.3 is 14.6 Å². The Kier molecular flexibility index (Phi) is 5.19. The number of anilines is 1. The molecule has 1 saturated heterocycles. The van der Waals surface area contributed by atoms with E-state index >= 15 is 0 Å². The Morgan fingerprint density at radius 1 is 1.24 bits per heavy atom. The number of ether oxygens (including phenoxy) is 1. The summed E-state index contributed by atoms with van der Waals surface area (Å²) < 4.78 is 35.8. The number of aromatic nitrogens is 2. The Labute approximate surface area is 170 Å². The zero-order valence-corrected chi connectivity index (χ0v) is 17.3. The van der Waals surface area contributed by atoms with Crippen molar-refractivity contribution in [2.24, 2.45) is 0 Å². The number of hydrogen-bond donors (Lipinski definition) is 1. The van der Waals surface area contributed by atoms with Gasteiger partial charge in [0.25, 0.3) is 16.1 Å². The minimum absolute atomic E-state index is 0.224. The Balaban J connectivity index is 1.54. The van der Waals surface area contributed by atoms with E-state index in [2.05, 4.69) is 10.3 Å². The van der Waals surface area contributed by atoms with Crippen LogP contribution in [-0.2, 0) is 31.9 Å². The maximum Gasteiger partial charge on any atom is 0.281 e. The molecular weight excluding hydrogens is 394 g/mol. The summed E-state index contributed by atoms with van der Waals surface area (Å²) in [5.41, 5.74) is -0.0721. The number of amides is 1. The van der Waals surface area contributed by atoms with Gasteiger partial charge in [-0.2, -0.15) is 17.0 Å². The van der Waals surface area contributed by atoms with Crippen LogP contribution >= 0.6 is 0 Å². The predicted molar refractivity (Wildman–Crippen MR) is 107 cm³/mol. The minimum atomic E-state index is -3.49. The summed E-state index contributed by atoms with van der Waals surface area (Å²) in [5.74, 6) is 0.529. The van der Waals surface area contributed by atoms with E-state index in [4.69, 9.17) is 4.74 Å². The van der Waals surface area contributed by atoms with Crippen molar-refractivity contribution in [2.45, 2.75) is 31.1 Å². The quantitative estimate of drug-likeness (QED) is 0.798. The molecule has 156 valence electrons. The molecule has 1 aromatic carbocycles. The number of fused-ring (bicyclic) bond motifs is 2. The van der Waals surface area contributed by atoms with Crippen molar-refractivity contribution in [3.63, 3.8) is 0 Å². The number of benzene rings is 1. The van der Waals surface area contributed by atoms with Gasteiger partial charge in [-0.15, -0.1) is 0 Å². The first-order chi connectivity index (χ1) is 13.8. The Morgan fingerprint density at radius 3 is 2.59 bits per heavy atom. The number of rotatable bonds is 4. The van der Waals surface area contributed by atoms with Gasteiger partial charge in [0.05, 0.1) is 6.54 Å². The summed E-state index contributed by atoms with van der Waals surface area (Å²) >= 11 is 0. The molecule has 1 N–H and O–H groups in total. The van der Waals surface area contributed by atoms with E-state index in [1.54, 1.807) is 6.20 Å². The van der Waals surface area contributed by atoms with Crippen LogP contribution in [0.5, 0.6) is 0 Å². The molecule has 1 amide bonds. The number of carbonyl (C=O) groups excluding carboxylic acids is 1. The molecule has 0 aliphatic carbocycles. The molecule has 2 aromatic rings. The topological polar surface area (TPSA) is 96.8 Å². The van der Waals surface area contributed by atoms with E-state index in [0.717, 1.165) is 5.82 Å². The highest BCUT2D eigenvalue weighted by molar-refractivity contribution is 7.86. The maximum atomic E-state index is 12.9. The molecule has 2 aliphatic rings. The molecule has 4 rings (SSSR count). The van der Waals surface area contributed by atoms with E-state index in [1.165, 1.54) is 22.7 Å². The molecule has 9 nitrogen and oxygen atoms in total. The lowest BCUT2D eigenvalue weighted by molar-refractivity contribution is -0.166. The Bertz CT molecular complexity index is 981. The van der Waals surface area contributed by atoms with Crippen molar-refractivity contribution in [1.29, 1.82) is 0 Å². The molecule has 29 heavy (non-hydrogen) atoms. The van der Waals surface area contributed by atoms with Gasteiger partial charge in [-0.1, -0.05) is 18.2 Å². The first-order valence-electron chi connectivity index (χ1n) is 9.55. The first-order valence-corrected chi connectivity index (χ1v) is 10.9. The van der Waals surface area contributed by atoms with Crippen molar-refractivity contribution in [2.75, 3.05) is 32.5 Å². The number of para-hydroxylation sites is 1. The fourth-order valence-electron chi connectivity index (χ4n) is 3.93. The normalized spacial score (nSPS) is 21.8. The Morgan fingerprint density at radius 2 is 1.93 bits per heavy atom. The van der Waals surface area contributed by atoms with Crippen LogP contribution in [0.3, 0.4) is 0 Å². The number of imidazole rings is 1. The highest BCUT2D eigenvalue weighted by atomic mass is 32.2. The van der Waals surface area contributed by atoms with Crippen LogP contribution in [0.1, 0.15) is 18.7 Å². The fourth-order valence-corrected chi connectivity index (χ4v) is 5.03. The number of piperidine rings is 1. The van der Waals surface area contributed by atoms with Crippen LogP contribution in [-0.4, -0.2) is 65.8 Å². The van der Waals surface area contributed by atoms with Crippen molar-refractivity contribution in [3.05, 3.63) is 48.5 Å². The lowest BCUT2D eigenvalue weighted by atomic mass is 9.89. The van der Waals surface area contributed by atoms with Crippen LogP contribution in [0.4, 0.5) is 5.69 Å². The monoisotopic (exact) mass is 419 g/mol. The lowest BCUT2D eigenvalue weighted by Gasteiger charge is -2.45. The summed E-state index contributed by atoms with van der Waals surface area (Å²) in [4.78, 5) is 17.3. The number of carbonyl (C=O) groups is 1. The standard InChI is InChI=1S/C19H25N5O4S/c1-22(2)29(26,27)24-11-8-19(9-12-24)18-20-10-13-23(18)14-16(28-19)17(25)21-15-6-4-3-5-7-15/h3-7,10,13,16H,8-9,11-12,14H2,1-2H3,(H,21,25). The van der Waals surface area contributed by atoms with Gasteiger partial charge in [0.15, 0.2) is 6.10 Å². The second kappa shape index (κ2) is 7.52. The maximum absolute atomic E-state index is 12.9.